The summed E-state index contributed by atoms with van der Waals surface area (Å²) in [6.45, 7) is 1.44. The van der Waals surface area contributed by atoms with Gasteiger partial charge in [-0.15, -0.1) is 0 Å². The third kappa shape index (κ3) is 4.02. The molecule has 0 radical (unpaired) electrons. The van der Waals surface area contributed by atoms with Gasteiger partial charge in [0, 0.05) is 17.5 Å². The van der Waals surface area contributed by atoms with Gasteiger partial charge in [0.2, 0.25) is 6.79 Å². The highest BCUT2D eigenvalue weighted by Gasteiger charge is 2.18. The number of ether oxygens (including phenoxy) is 3. The van der Waals surface area contributed by atoms with E-state index < -0.39 is 29.3 Å². The van der Waals surface area contributed by atoms with E-state index in [9.17, 15) is 13.8 Å². The van der Waals surface area contributed by atoms with Gasteiger partial charge in [-0.1, -0.05) is 19.1 Å². The second kappa shape index (κ2) is 8.01. The molecule has 26 heavy (non-hydrogen) atoms. The van der Waals surface area contributed by atoms with Crippen LogP contribution in [-0.2, 0) is 20.3 Å². The van der Waals surface area contributed by atoms with Crippen LogP contribution in [0.3, 0.4) is 0 Å². The standard InChI is InChI=1S/C18H17NO6S/c1-2-26(22)16-6-4-3-5-13(16)18(21)23-10-17(20)19-12-7-8-14-15(9-12)25-11-24-14/h3-9H,2,10-11H2,1H3,(H,19,20). The van der Waals surface area contributed by atoms with Crippen LogP contribution < -0.4 is 14.8 Å². The largest absolute Gasteiger partial charge is 0.454 e. The summed E-state index contributed by atoms with van der Waals surface area (Å²) in [7, 11) is -1.30. The zero-order valence-electron chi connectivity index (χ0n) is 14.0. The van der Waals surface area contributed by atoms with Crippen LogP contribution in [-0.4, -0.2) is 35.2 Å². The summed E-state index contributed by atoms with van der Waals surface area (Å²) in [6, 6.07) is 11.5. The molecular weight excluding hydrogens is 358 g/mol. The molecule has 2 aromatic rings. The fourth-order valence-electron chi connectivity index (χ4n) is 2.37. The van der Waals surface area contributed by atoms with Crippen LogP contribution in [0.1, 0.15) is 17.3 Å². The molecule has 1 atom stereocenters. The number of rotatable bonds is 6. The average Bonchev–Trinajstić information content (AvgIpc) is 3.13. The first-order valence-corrected chi connectivity index (χ1v) is 9.24. The molecule has 2 aromatic carbocycles. The first kappa shape index (κ1) is 17.9. The van der Waals surface area contributed by atoms with E-state index in [1.165, 1.54) is 6.07 Å². The lowest BCUT2D eigenvalue weighted by Gasteiger charge is -2.09. The van der Waals surface area contributed by atoms with Crippen LogP contribution in [0.4, 0.5) is 5.69 Å². The zero-order valence-corrected chi connectivity index (χ0v) is 14.8. The average molecular weight is 375 g/mol. The number of anilines is 1. The summed E-state index contributed by atoms with van der Waals surface area (Å²) in [6.07, 6.45) is 0. The Kier molecular flexibility index (Phi) is 5.52. The van der Waals surface area contributed by atoms with Gasteiger partial charge in [0.15, 0.2) is 18.1 Å². The molecular formula is C18H17NO6S. The number of fused-ring (bicyclic) bond motifs is 1. The second-order valence-electron chi connectivity index (χ2n) is 5.32. The van der Waals surface area contributed by atoms with E-state index >= 15 is 0 Å². The van der Waals surface area contributed by atoms with Crippen molar-refractivity contribution in [1.82, 2.24) is 0 Å². The lowest BCUT2D eigenvalue weighted by molar-refractivity contribution is -0.119. The normalized spacial score (nSPS) is 13.1. The highest BCUT2D eigenvalue weighted by atomic mass is 32.2. The topological polar surface area (TPSA) is 90.9 Å². The van der Waals surface area contributed by atoms with E-state index in [0.717, 1.165) is 0 Å². The number of hydrogen-bond donors (Lipinski definition) is 1. The van der Waals surface area contributed by atoms with E-state index in [2.05, 4.69) is 5.32 Å². The van der Waals surface area contributed by atoms with Crippen LogP contribution in [0.25, 0.3) is 0 Å². The fraction of sp³-hybridized carbons (Fsp3) is 0.222. The number of benzene rings is 2. The maximum absolute atomic E-state index is 12.2. The van der Waals surface area contributed by atoms with Crippen LogP contribution in [0.5, 0.6) is 11.5 Å². The van der Waals surface area contributed by atoms with Crippen LogP contribution >= 0.6 is 0 Å². The van der Waals surface area contributed by atoms with Crippen LogP contribution in [0.2, 0.25) is 0 Å². The lowest BCUT2D eigenvalue weighted by Crippen LogP contribution is -2.21. The van der Waals surface area contributed by atoms with E-state index in [-0.39, 0.29) is 12.4 Å². The van der Waals surface area contributed by atoms with Crippen LogP contribution in [0.15, 0.2) is 47.4 Å². The molecule has 0 spiro atoms. The van der Waals surface area contributed by atoms with E-state index in [1.54, 1.807) is 43.3 Å². The second-order valence-corrected chi connectivity index (χ2v) is 7.03. The van der Waals surface area contributed by atoms with Gasteiger partial charge in [-0.3, -0.25) is 9.00 Å². The molecule has 0 fully saturated rings. The molecule has 8 heteroatoms. The fourth-order valence-corrected chi connectivity index (χ4v) is 3.31. The van der Waals surface area contributed by atoms with E-state index in [4.69, 9.17) is 14.2 Å². The van der Waals surface area contributed by atoms with Gasteiger partial charge in [0.05, 0.1) is 21.3 Å². The molecule has 1 N–H and O–H groups in total. The monoisotopic (exact) mass is 375 g/mol. The minimum absolute atomic E-state index is 0.142. The molecule has 0 saturated carbocycles. The number of carbonyl (C=O) groups is 2. The number of hydrogen-bond acceptors (Lipinski definition) is 6. The van der Waals surface area contributed by atoms with Gasteiger partial charge in [0.1, 0.15) is 0 Å². The first-order chi connectivity index (χ1) is 12.6. The molecule has 7 nitrogen and oxygen atoms in total. The van der Waals surface area contributed by atoms with Crippen molar-refractivity contribution in [3.63, 3.8) is 0 Å². The minimum atomic E-state index is -1.30. The third-order valence-corrected chi connectivity index (χ3v) is 4.98. The maximum Gasteiger partial charge on any atom is 0.339 e. The van der Waals surface area contributed by atoms with E-state index in [0.29, 0.717) is 27.8 Å². The van der Waals surface area contributed by atoms with Crippen molar-refractivity contribution in [2.45, 2.75) is 11.8 Å². The minimum Gasteiger partial charge on any atom is -0.454 e. The highest BCUT2D eigenvalue weighted by Crippen LogP contribution is 2.34. The molecule has 0 bridgehead atoms. The Balaban J connectivity index is 1.59. The van der Waals surface area contributed by atoms with Gasteiger partial charge in [-0.25, -0.2) is 4.79 Å². The summed E-state index contributed by atoms with van der Waals surface area (Å²) in [4.78, 5) is 24.6. The molecule has 1 aliphatic heterocycles. The molecule has 0 saturated heterocycles. The lowest BCUT2D eigenvalue weighted by atomic mass is 10.2. The molecule has 1 unspecified atom stereocenters. The van der Waals surface area contributed by atoms with Gasteiger partial charge >= 0.3 is 5.97 Å². The molecule has 136 valence electrons. The van der Waals surface area contributed by atoms with Crippen molar-refractivity contribution in [1.29, 1.82) is 0 Å². The van der Waals surface area contributed by atoms with Gasteiger partial charge < -0.3 is 19.5 Å². The predicted octanol–water partition coefficient (Wildman–Crippen LogP) is 2.34. The smallest absolute Gasteiger partial charge is 0.339 e. The Morgan fingerprint density at radius 3 is 2.73 bits per heavy atom. The molecule has 0 aliphatic carbocycles. The first-order valence-electron chi connectivity index (χ1n) is 7.92. The van der Waals surface area contributed by atoms with Crippen molar-refractivity contribution in [2.24, 2.45) is 0 Å². The molecule has 3 rings (SSSR count). The number of amides is 1. The number of carbonyl (C=O) groups excluding carboxylic acids is 2. The Hall–Kier alpha value is -2.87. The van der Waals surface area contributed by atoms with Crippen molar-refractivity contribution >= 4 is 28.4 Å². The zero-order chi connectivity index (χ0) is 18.5. The van der Waals surface area contributed by atoms with Crippen molar-refractivity contribution in [2.75, 3.05) is 24.5 Å². The quantitative estimate of drug-likeness (QED) is 0.780. The summed E-state index contributed by atoms with van der Waals surface area (Å²) in [5, 5.41) is 2.62. The molecule has 1 aliphatic rings. The summed E-state index contributed by atoms with van der Waals surface area (Å²) >= 11 is 0. The summed E-state index contributed by atoms with van der Waals surface area (Å²) in [5.74, 6) is 0.342. The molecule has 0 aromatic heterocycles. The van der Waals surface area contributed by atoms with Gasteiger partial charge in [-0.05, 0) is 24.3 Å². The van der Waals surface area contributed by atoms with Crippen molar-refractivity contribution < 1.29 is 28.0 Å². The summed E-state index contributed by atoms with van der Waals surface area (Å²) in [5.41, 5.74) is 0.700. The third-order valence-electron chi connectivity index (χ3n) is 3.61. The maximum atomic E-state index is 12.2. The van der Waals surface area contributed by atoms with Crippen LogP contribution in [0, 0.1) is 0 Å². The predicted molar refractivity (Wildman–Crippen MR) is 94.9 cm³/mol. The highest BCUT2D eigenvalue weighted by molar-refractivity contribution is 7.85. The Labute approximate surface area is 152 Å². The van der Waals surface area contributed by atoms with E-state index in [1.807, 2.05) is 0 Å². The van der Waals surface area contributed by atoms with Gasteiger partial charge in [0.25, 0.3) is 5.91 Å². The van der Waals surface area contributed by atoms with Crippen molar-refractivity contribution in [3.05, 3.63) is 48.0 Å². The molecule has 1 amide bonds. The summed E-state index contributed by atoms with van der Waals surface area (Å²) < 4.78 is 27.5. The SMILES string of the molecule is CCS(=O)c1ccccc1C(=O)OCC(=O)Nc1ccc2c(c1)OCO2. The Morgan fingerprint density at radius 2 is 1.92 bits per heavy atom. The molecule has 1 heterocycles. The van der Waals surface area contributed by atoms with Gasteiger partial charge in [-0.2, -0.15) is 0 Å². The Morgan fingerprint density at radius 1 is 1.15 bits per heavy atom. The number of esters is 1. The Bertz CT molecular complexity index is 867. The number of nitrogens with one attached hydrogen (secondary N) is 1. The van der Waals surface area contributed by atoms with Crippen molar-refractivity contribution in [3.8, 4) is 11.5 Å².